The molecule has 0 aromatic heterocycles. The zero-order chi connectivity index (χ0) is 27.0. The molecule has 5 heteroatoms. The summed E-state index contributed by atoms with van der Waals surface area (Å²) in [6.07, 6.45) is 9.06. The van der Waals surface area contributed by atoms with Crippen molar-refractivity contribution >= 4 is 11.8 Å². The number of ketones is 1. The van der Waals surface area contributed by atoms with Gasteiger partial charge in [-0.2, -0.15) is 0 Å². The van der Waals surface area contributed by atoms with Crippen molar-refractivity contribution in [3.63, 3.8) is 0 Å². The van der Waals surface area contributed by atoms with Crippen LogP contribution in [-0.2, 0) is 19.1 Å². The molecule has 6 rings (SSSR count). The van der Waals surface area contributed by atoms with Crippen LogP contribution in [0.1, 0.15) is 113 Å². The molecule has 37 heavy (non-hydrogen) atoms. The second-order valence-electron chi connectivity index (χ2n) is 15.8. The van der Waals surface area contributed by atoms with Crippen LogP contribution in [0.2, 0.25) is 0 Å². The maximum atomic E-state index is 13.6. The lowest BCUT2D eigenvalue weighted by Crippen LogP contribution is -2.69. The number of aliphatic hydroxyl groups is 1. The van der Waals surface area contributed by atoms with Crippen LogP contribution in [0.5, 0.6) is 0 Å². The predicted octanol–water partition coefficient (Wildman–Crippen LogP) is 6.10. The normalized spacial score (nSPS) is 55.5. The molecule has 1 heterocycles. The third kappa shape index (κ3) is 2.66. The fraction of sp³-hybridized carbons (Fsp3) is 0.938. The van der Waals surface area contributed by atoms with E-state index in [1.165, 1.54) is 6.42 Å². The van der Waals surface area contributed by atoms with E-state index in [1.54, 1.807) is 6.92 Å². The zero-order valence-corrected chi connectivity index (χ0v) is 24.5. The molecule has 0 unspecified atom stereocenters. The Labute approximate surface area is 223 Å². The van der Waals surface area contributed by atoms with Gasteiger partial charge < -0.3 is 14.6 Å². The van der Waals surface area contributed by atoms with Gasteiger partial charge in [0.05, 0.1) is 6.61 Å². The van der Waals surface area contributed by atoms with Gasteiger partial charge in [0.1, 0.15) is 11.7 Å². The summed E-state index contributed by atoms with van der Waals surface area (Å²) in [5.41, 5.74) is -1.22. The lowest BCUT2D eigenvalue weighted by molar-refractivity contribution is -0.254. The van der Waals surface area contributed by atoms with Gasteiger partial charge in [0.2, 0.25) is 0 Å². The largest absolute Gasteiger partial charge is 0.462 e. The average Bonchev–Trinajstić information content (AvgIpc) is 3.46. The van der Waals surface area contributed by atoms with Gasteiger partial charge >= 0.3 is 5.97 Å². The maximum Gasteiger partial charge on any atom is 0.302 e. The first-order valence-electron chi connectivity index (χ1n) is 15.1. The molecule has 0 bridgehead atoms. The molecule has 208 valence electrons. The van der Waals surface area contributed by atoms with Crippen molar-refractivity contribution in [1.29, 1.82) is 0 Å². The van der Waals surface area contributed by atoms with Gasteiger partial charge in [-0.3, -0.25) is 9.59 Å². The van der Waals surface area contributed by atoms with Crippen LogP contribution in [0, 0.1) is 50.7 Å². The van der Waals surface area contributed by atoms with Gasteiger partial charge in [0.15, 0.2) is 11.4 Å². The van der Waals surface area contributed by atoms with Gasteiger partial charge in [0, 0.05) is 24.2 Å². The van der Waals surface area contributed by atoms with E-state index in [0.29, 0.717) is 24.2 Å². The van der Waals surface area contributed by atoms with E-state index >= 15 is 0 Å². The summed E-state index contributed by atoms with van der Waals surface area (Å²) in [4.78, 5) is 25.5. The van der Waals surface area contributed by atoms with Crippen LogP contribution in [-0.4, -0.2) is 40.8 Å². The minimum absolute atomic E-state index is 0.00544. The molecule has 5 saturated carbocycles. The van der Waals surface area contributed by atoms with Crippen molar-refractivity contribution < 1.29 is 24.2 Å². The molecule has 0 amide bonds. The Hall–Kier alpha value is -0.940. The van der Waals surface area contributed by atoms with E-state index in [1.807, 2.05) is 0 Å². The molecule has 6 fully saturated rings. The lowest BCUT2D eigenvalue weighted by Gasteiger charge is -2.72. The molecule has 10 atom stereocenters. The van der Waals surface area contributed by atoms with E-state index in [0.717, 1.165) is 44.9 Å². The number of carbonyl (C=O) groups excluding carboxylic acids is 2. The Morgan fingerprint density at radius 3 is 2.19 bits per heavy atom. The van der Waals surface area contributed by atoms with Crippen LogP contribution in [0.3, 0.4) is 0 Å². The van der Waals surface area contributed by atoms with Gasteiger partial charge in [-0.25, -0.2) is 0 Å². The van der Waals surface area contributed by atoms with Crippen molar-refractivity contribution in [2.24, 2.45) is 50.7 Å². The Balaban J connectivity index is 1.40. The van der Waals surface area contributed by atoms with Gasteiger partial charge in [-0.15, -0.1) is 0 Å². The fourth-order valence-corrected chi connectivity index (χ4v) is 12.6. The molecule has 1 aliphatic heterocycles. The van der Waals surface area contributed by atoms with E-state index in [9.17, 15) is 14.7 Å². The second-order valence-corrected chi connectivity index (χ2v) is 15.8. The van der Waals surface area contributed by atoms with E-state index in [-0.39, 0.29) is 52.0 Å². The number of Topliss-reactive ketones (excluding diaryl/α,β-unsaturated/α-hetero) is 1. The number of ether oxygens (including phenoxy) is 2. The highest BCUT2D eigenvalue weighted by Crippen LogP contribution is 2.84. The predicted molar refractivity (Wildman–Crippen MR) is 142 cm³/mol. The number of aliphatic hydroxyl groups excluding tert-OH is 1. The number of rotatable bonds is 3. The molecular weight excluding hydrogens is 464 g/mol. The highest BCUT2D eigenvalue weighted by molar-refractivity contribution is 5.97. The van der Waals surface area contributed by atoms with E-state index in [2.05, 4.69) is 48.5 Å². The van der Waals surface area contributed by atoms with Crippen molar-refractivity contribution in [2.75, 3.05) is 6.61 Å². The minimum atomic E-state index is -0.698. The molecule has 0 aromatic carbocycles. The second kappa shape index (κ2) is 7.42. The Kier molecular flexibility index (Phi) is 5.27. The first kappa shape index (κ1) is 26.3. The molecular formula is C32H50O5. The summed E-state index contributed by atoms with van der Waals surface area (Å²) in [5, 5.41) is 10.8. The Morgan fingerprint density at radius 1 is 0.946 bits per heavy atom. The van der Waals surface area contributed by atoms with Crippen molar-refractivity contribution in [3.8, 4) is 0 Å². The summed E-state index contributed by atoms with van der Waals surface area (Å²) < 4.78 is 12.7. The van der Waals surface area contributed by atoms with Gasteiger partial charge in [0.25, 0.3) is 0 Å². The van der Waals surface area contributed by atoms with Crippen LogP contribution >= 0.6 is 0 Å². The SMILES string of the molecule is CC(=O)O[C@H]1CC[C@]2(C)[C@H]3CC[C@@H]4[C@]56O[C@@]5(C(C)C)C(=O)C[C@]6(CO)CC[C@@]4(C)[C@]3(C)CC[C@H]2C1(C)C. The smallest absolute Gasteiger partial charge is 0.302 e. The monoisotopic (exact) mass is 514 g/mol. The molecule has 1 saturated heterocycles. The first-order chi connectivity index (χ1) is 17.1. The van der Waals surface area contributed by atoms with Crippen LogP contribution < -0.4 is 0 Å². The molecule has 5 aliphatic carbocycles. The molecule has 6 aliphatic rings. The summed E-state index contributed by atoms with van der Waals surface area (Å²) in [6.45, 7) is 18.3. The molecule has 1 N–H and O–H groups in total. The fourth-order valence-electron chi connectivity index (χ4n) is 12.6. The molecule has 0 radical (unpaired) electrons. The van der Waals surface area contributed by atoms with E-state index < -0.39 is 16.6 Å². The summed E-state index contributed by atoms with van der Waals surface area (Å²) in [7, 11) is 0. The van der Waals surface area contributed by atoms with Gasteiger partial charge in [-0.05, 0) is 91.3 Å². The third-order valence-electron chi connectivity index (χ3n) is 14.4. The topological polar surface area (TPSA) is 76.1 Å². The van der Waals surface area contributed by atoms with Crippen LogP contribution in [0.25, 0.3) is 0 Å². The number of esters is 1. The van der Waals surface area contributed by atoms with Crippen molar-refractivity contribution in [2.45, 2.75) is 130 Å². The Morgan fingerprint density at radius 2 is 1.59 bits per heavy atom. The number of hydrogen-bond acceptors (Lipinski definition) is 5. The zero-order valence-electron chi connectivity index (χ0n) is 24.5. The van der Waals surface area contributed by atoms with Crippen LogP contribution in [0.4, 0.5) is 0 Å². The Bertz CT molecular complexity index is 1030. The molecule has 1 spiro atoms. The highest BCUT2D eigenvalue weighted by Gasteiger charge is 2.92. The minimum Gasteiger partial charge on any atom is -0.462 e. The summed E-state index contributed by atoms with van der Waals surface area (Å²) in [6, 6.07) is 0. The van der Waals surface area contributed by atoms with Crippen LogP contribution in [0.15, 0.2) is 0 Å². The standard InChI is InChI=1S/C32H50O5/c1-19(2)31-24(35)17-30(18-33)16-15-29(8)23(32(30,31)37-31)10-9-22-27(6)13-12-25(36-20(3)34)26(4,5)21(27)11-14-28(22,29)7/h19,21-23,25,33H,9-18H2,1-8H3/t21-,22+,23-,25-,27-,28+,29+,30-,31-,32+/m0/s1. The first-order valence-corrected chi connectivity index (χ1v) is 15.1. The summed E-state index contributed by atoms with van der Waals surface area (Å²) >= 11 is 0. The highest BCUT2D eigenvalue weighted by atomic mass is 16.6. The number of hydrogen-bond donors (Lipinski definition) is 1. The maximum absolute atomic E-state index is 13.6. The number of fused-ring (bicyclic) bond motifs is 5. The summed E-state index contributed by atoms with van der Waals surface area (Å²) in [5.74, 6) is 1.64. The van der Waals surface area contributed by atoms with Crippen molar-refractivity contribution in [1.82, 2.24) is 0 Å². The lowest BCUT2D eigenvalue weighted by atomic mass is 9.32. The molecule has 0 aromatic rings. The third-order valence-corrected chi connectivity index (χ3v) is 14.4. The van der Waals surface area contributed by atoms with Crippen molar-refractivity contribution in [3.05, 3.63) is 0 Å². The van der Waals surface area contributed by atoms with E-state index in [4.69, 9.17) is 9.47 Å². The molecule has 5 nitrogen and oxygen atoms in total. The number of carbonyl (C=O) groups is 2. The van der Waals surface area contributed by atoms with Gasteiger partial charge in [-0.1, -0.05) is 48.5 Å². The average molecular weight is 515 g/mol. The quantitative estimate of drug-likeness (QED) is 0.364. The number of epoxide rings is 1.